The van der Waals surface area contributed by atoms with Gasteiger partial charge in [-0.3, -0.25) is 4.79 Å². The van der Waals surface area contributed by atoms with Gasteiger partial charge in [-0.1, -0.05) is 0 Å². The molecule has 0 radical (unpaired) electrons. The highest BCUT2D eigenvalue weighted by atomic mass is 32.2. The third-order valence-corrected chi connectivity index (χ3v) is 6.36. The number of carbonyl (C=O) groups is 1. The van der Waals surface area contributed by atoms with Crippen LogP contribution in [0.4, 0.5) is 17.3 Å². The fraction of sp³-hybridized carbons (Fsp3) is 0.385. The summed E-state index contributed by atoms with van der Waals surface area (Å²) >= 11 is 1.54. The molecule has 11 heteroatoms. The number of ether oxygens (including phenoxy) is 4. The zero-order valence-electron chi connectivity index (χ0n) is 21.2. The number of hydrogen-bond acceptors (Lipinski definition) is 10. The number of anilines is 3. The normalized spacial score (nSPS) is 18.2. The van der Waals surface area contributed by atoms with Crippen LogP contribution in [-0.2, 0) is 14.3 Å². The van der Waals surface area contributed by atoms with E-state index in [1.807, 2.05) is 44.4 Å². The molecule has 0 aliphatic carbocycles. The van der Waals surface area contributed by atoms with Crippen molar-refractivity contribution in [2.45, 2.75) is 37.5 Å². The van der Waals surface area contributed by atoms with Crippen molar-refractivity contribution in [2.75, 3.05) is 43.3 Å². The molecule has 2 N–H and O–H groups in total. The van der Waals surface area contributed by atoms with Crippen molar-refractivity contribution in [2.24, 2.45) is 0 Å². The van der Waals surface area contributed by atoms with Gasteiger partial charge in [-0.05, 0) is 49.9 Å². The first-order valence-electron chi connectivity index (χ1n) is 11.9. The highest BCUT2D eigenvalue weighted by Crippen LogP contribution is 2.38. The summed E-state index contributed by atoms with van der Waals surface area (Å²) in [4.78, 5) is 25.5. The summed E-state index contributed by atoms with van der Waals surface area (Å²) in [6, 6.07) is 9.41. The summed E-state index contributed by atoms with van der Waals surface area (Å²) in [5.74, 6) is 1.82. The minimum absolute atomic E-state index is 0.168. The summed E-state index contributed by atoms with van der Waals surface area (Å²) in [7, 11) is 0. The Kier molecular flexibility index (Phi) is 7.18. The maximum Gasteiger partial charge on any atom is 0.257 e. The van der Waals surface area contributed by atoms with E-state index in [0.717, 1.165) is 10.6 Å². The molecule has 5 heterocycles. The number of thioether (sulfide) groups is 1. The summed E-state index contributed by atoms with van der Waals surface area (Å²) < 4.78 is 23.4. The molecule has 3 aromatic rings. The minimum atomic E-state index is -0.427. The molecule has 1 fully saturated rings. The van der Waals surface area contributed by atoms with Crippen molar-refractivity contribution in [3.63, 3.8) is 0 Å². The second-order valence-electron chi connectivity index (χ2n) is 9.33. The van der Waals surface area contributed by atoms with Crippen molar-refractivity contribution in [3.05, 3.63) is 42.1 Å². The maximum absolute atomic E-state index is 11.7. The largest absolute Gasteiger partial charge is 0.479 e. The number of nitrogens with one attached hydrogen (secondary N) is 2. The number of fused-ring (bicyclic) bond motifs is 1. The fourth-order valence-electron chi connectivity index (χ4n) is 4.04. The van der Waals surface area contributed by atoms with Crippen LogP contribution in [0.5, 0.6) is 11.6 Å². The Balaban J connectivity index is 1.52. The number of rotatable bonds is 6. The molecule has 1 amide bonds. The number of hydrogen-bond donors (Lipinski definition) is 2. The second kappa shape index (κ2) is 10.5. The van der Waals surface area contributed by atoms with Crippen molar-refractivity contribution in [3.8, 4) is 22.9 Å². The van der Waals surface area contributed by atoms with Crippen LogP contribution in [0.3, 0.4) is 0 Å². The van der Waals surface area contributed by atoms with Gasteiger partial charge in [0.05, 0.1) is 36.2 Å². The van der Waals surface area contributed by atoms with Gasteiger partial charge in [-0.2, -0.15) is 0 Å². The van der Waals surface area contributed by atoms with E-state index in [4.69, 9.17) is 28.9 Å². The SMILES string of the molecule is CSc1cc(C2COCCO2)cc(Nc2cc(NC(C)=O)ncc2-c2ccc3c(n2)OCC(C)(C)O3)n1. The molecule has 0 spiro atoms. The molecule has 1 saturated heterocycles. The monoisotopic (exact) mass is 523 g/mol. The highest BCUT2D eigenvalue weighted by Gasteiger charge is 2.29. The van der Waals surface area contributed by atoms with Crippen molar-refractivity contribution >= 4 is 35.0 Å². The second-order valence-corrected chi connectivity index (χ2v) is 10.2. The average molecular weight is 524 g/mol. The van der Waals surface area contributed by atoms with E-state index in [2.05, 4.69) is 15.6 Å². The Morgan fingerprint density at radius 3 is 2.76 bits per heavy atom. The zero-order chi connectivity index (χ0) is 26.0. The smallest absolute Gasteiger partial charge is 0.257 e. The van der Waals surface area contributed by atoms with Crippen LogP contribution in [0.25, 0.3) is 11.3 Å². The Labute approximate surface area is 219 Å². The Hall–Kier alpha value is -3.41. The predicted octanol–water partition coefficient (Wildman–Crippen LogP) is 4.60. The van der Waals surface area contributed by atoms with Crippen LogP contribution in [-0.4, -0.2) is 59.1 Å². The molecule has 2 aliphatic rings. The van der Waals surface area contributed by atoms with E-state index < -0.39 is 5.60 Å². The Morgan fingerprint density at radius 1 is 1.14 bits per heavy atom. The number of nitrogens with zero attached hydrogens (tertiary/aromatic N) is 3. The van der Waals surface area contributed by atoms with Crippen molar-refractivity contribution < 1.29 is 23.7 Å². The molecule has 0 bridgehead atoms. The van der Waals surface area contributed by atoms with E-state index in [0.29, 0.717) is 66.6 Å². The first-order valence-corrected chi connectivity index (χ1v) is 13.2. The van der Waals surface area contributed by atoms with Crippen LogP contribution in [0.15, 0.2) is 41.6 Å². The van der Waals surface area contributed by atoms with Crippen LogP contribution >= 0.6 is 11.8 Å². The van der Waals surface area contributed by atoms with Gasteiger partial charge in [0.25, 0.3) is 5.88 Å². The molecule has 37 heavy (non-hydrogen) atoms. The molecule has 0 aromatic carbocycles. The van der Waals surface area contributed by atoms with E-state index in [9.17, 15) is 4.79 Å². The van der Waals surface area contributed by atoms with Crippen LogP contribution in [0.2, 0.25) is 0 Å². The third-order valence-electron chi connectivity index (χ3n) is 5.74. The zero-order valence-corrected chi connectivity index (χ0v) is 22.0. The fourth-order valence-corrected chi connectivity index (χ4v) is 4.48. The molecule has 1 unspecified atom stereocenters. The lowest BCUT2D eigenvalue weighted by molar-refractivity contribution is -0.114. The van der Waals surface area contributed by atoms with E-state index >= 15 is 0 Å². The molecular formula is C26H29N5O5S. The first kappa shape index (κ1) is 25.2. The van der Waals surface area contributed by atoms with Crippen LogP contribution in [0.1, 0.15) is 32.4 Å². The van der Waals surface area contributed by atoms with E-state index in [1.165, 1.54) is 18.7 Å². The number of pyridine rings is 3. The van der Waals surface area contributed by atoms with E-state index in [1.54, 1.807) is 12.3 Å². The molecule has 1 atom stereocenters. The summed E-state index contributed by atoms with van der Waals surface area (Å²) in [5, 5.41) is 6.99. The predicted molar refractivity (Wildman–Crippen MR) is 141 cm³/mol. The highest BCUT2D eigenvalue weighted by molar-refractivity contribution is 7.98. The first-order chi connectivity index (χ1) is 17.8. The molecule has 5 rings (SSSR count). The number of carbonyl (C=O) groups excluding carboxylic acids is 1. The summed E-state index contributed by atoms with van der Waals surface area (Å²) in [6.07, 6.45) is 3.47. The van der Waals surface area contributed by atoms with Gasteiger partial charge in [0.15, 0.2) is 5.75 Å². The lowest BCUT2D eigenvalue weighted by Crippen LogP contribution is -2.39. The van der Waals surface area contributed by atoms with Gasteiger partial charge >= 0.3 is 0 Å². The van der Waals surface area contributed by atoms with Gasteiger partial charge in [0.1, 0.15) is 29.9 Å². The summed E-state index contributed by atoms with van der Waals surface area (Å²) in [6.45, 7) is 7.38. The van der Waals surface area contributed by atoms with Crippen molar-refractivity contribution in [1.82, 2.24) is 15.0 Å². The molecule has 10 nitrogen and oxygen atoms in total. The lowest BCUT2D eigenvalue weighted by atomic mass is 10.1. The quantitative estimate of drug-likeness (QED) is 0.444. The number of amides is 1. The lowest BCUT2D eigenvalue weighted by Gasteiger charge is -2.31. The minimum Gasteiger partial charge on any atom is -0.479 e. The van der Waals surface area contributed by atoms with Gasteiger partial charge in [-0.25, -0.2) is 15.0 Å². The van der Waals surface area contributed by atoms with Gasteiger partial charge in [0, 0.05) is 24.8 Å². The number of aromatic nitrogens is 3. The topological polar surface area (TPSA) is 117 Å². The van der Waals surface area contributed by atoms with Crippen LogP contribution in [0, 0.1) is 0 Å². The molecule has 2 aliphatic heterocycles. The summed E-state index contributed by atoms with van der Waals surface area (Å²) in [5.41, 5.74) is 2.56. The van der Waals surface area contributed by atoms with E-state index in [-0.39, 0.29) is 12.0 Å². The van der Waals surface area contributed by atoms with Gasteiger partial charge < -0.3 is 29.6 Å². The standard InChI is InChI=1S/C26H29N5O5S/c1-15(32)28-22-11-19(29-23-9-16(10-24(31-23)37-4)21-13-33-7-8-34-21)17(12-27-22)18-5-6-20-25(30-18)35-14-26(2,3)36-20/h5-6,9-12,21H,7-8,13-14H2,1-4H3,(H2,27,28,29,31,32). The van der Waals surface area contributed by atoms with Crippen molar-refractivity contribution in [1.29, 1.82) is 0 Å². The average Bonchev–Trinajstić information content (AvgIpc) is 2.88. The van der Waals surface area contributed by atoms with Gasteiger partial charge in [-0.15, -0.1) is 11.8 Å². The third kappa shape index (κ3) is 5.95. The van der Waals surface area contributed by atoms with Crippen LogP contribution < -0.4 is 20.1 Å². The molecule has 3 aromatic heterocycles. The van der Waals surface area contributed by atoms with Gasteiger partial charge in [0.2, 0.25) is 5.91 Å². The molecule has 194 valence electrons. The Bertz CT molecular complexity index is 1310. The maximum atomic E-state index is 11.7. The molecular weight excluding hydrogens is 494 g/mol. The molecule has 0 saturated carbocycles. The Morgan fingerprint density at radius 2 is 2.00 bits per heavy atom.